The molecule has 1 aliphatic rings. The number of halogens is 1. The Morgan fingerprint density at radius 1 is 1.07 bits per heavy atom. The van der Waals surface area contributed by atoms with Gasteiger partial charge in [0.25, 0.3) is 0 Å². The summed E-state index contributed by atoms with van der Waals surface area (Å²) in [6, 6.07) is 9.41. The minimum atomic E-state index is -0.356. The Morgan fingerprint density at radius 2 is 1.83 bits per heavy atom. The molecule has 0 radical (unpaired) electrons. The number of fused-ring (bicyclic) bond motifs is 1. The van der Waals surface area contributed by atoms with Crippen molar-refractivity contribution in [3.63, 3.8) is 0 Å². The summed E-state index contributed by atoms with van der Waals surface area (Å²) >= 11 is 0. The predicted molar refractivity (Wildman–Crippen MR) is 102 cm³/mol. The average molecular weight is 397 g/mol. The highest BCUT2D eigenvalue weighted by molar-refractivity contribution is 5.84. The summed E-state index contributed by atoms with van der Waals surface area (Å²) in [6.45, 7) is 1.37. The Labute approximate surface area is 165 Å². The van der Waals surface area contributed by atoms with Gasteiger partial charge < -0.3 is 4.90 Å². The highest BCUT2D eigenvalue weighted by Gasteiger charge is 2.26. The highest BCUT2D eigenvalue weighted by atomic mass is 19.1. The third-order valence-corrected chi connectivity index (χ3v) is 4.94. The fraction of sp³-hybridized carbons (Fsp3) is 0.316. The van der Waals surface area contributed by atoms with E-state index in [1.807, 2.05) is 12.1 Å². The van der Waals surface area contributed by atoms with Crippen molar-refractivity contribution >= 4 is 23.3 Å². The number of carbonyl (C=O) groups is 2. The molecule has 0 bridgehead atoms. The summed E-state index contributed by atoms with van der Waals surface area (Å²) in [5, 5.41) is 12.2. The van der Waals surface area contributed by atoms with E-state index in [2.05, 4.69) is 31.0 Å². The minimum Gasteiger partial charge on any atom is -0.355 e. The third kappa shape index (κ3) is 4.48. The van der Waals surface area contributed by atoms with Gasteiger partial charge in [-0.15, -0.1) is 15.3 Å². The molecule has 1 aliphatic heterocycles. The van der Waals surface area contributed by atoms with Gasteiger partial charge in [-0.3, -0.25) is 20.4 Å². The number of hydrazine groups is 1. The summed E-state index contributed by atoms with van der Waals surface area (Å²) in [4.78, 5) is 26.4. The maximum atomic E-state index is 12.9. The molecule has 2 N–H and O–H groups in total. The molecule has 1 saturated heterocycles. The summed E-state index contributed by atoms with van der Waals surface area (Å²) in [7, 11) is 0. The van der Waals surface area contributed by atoms with E-state index in [0.717, 1.165) is 5.82 Å². The van der Waals surface area contributed by atoms with Crippen molar-refractivity contribution < 1.29 is 14.0 Å². The van der Waals surface area contributed by atoms with Crippen LogP contribution >= 0.6 is 0 Å². The van der Waals surface area contributed by atoms with Crippen LogP contribution in [0.2, 0.25) is 0 Å². The Bertz CT molecular complexity index is 1010. The molecule has 3 heterocycles. The fourth-order valence-corrected chi connectivity index (χ4v) is 3.32. The molecule has 0 atom stereocenters. The fourth-order valence-electron chi connectivity index (χ4n) is 3.32. The highest BCUT2D eigenvalue weighted by Crippen LogP contribution is 2.21. The molecule has 1 fully saturated rings. The van der Waals surface area contributed by atoms with Crippen molar-refractivity contribution in [2.75, 3.05) is 18.0 Å². The van der Waals surface area contributed by atoms with Gasteiger partial charge in [0.05, 0.1) is 6.42 Å². The van der Waals surface area contributed by atoms with E-state index in [4.69, 9.17) is 0 Å². The van der Waals surface area contributed by atoms with Crippen LogP contribution in [-0.2, 0) is 16.0 Å². The summed E-state index contributed by atoms with van der Waals surface area (Å²) in [5.74, 6) is -0.293. The Hall–Kier alpha value is -3.56. The second kappa shape index (κ2) is 8.21. The second-order valence-corrected chi connectivity index (χ2v) is 6.93. The van der Waals surface area contributed by atoms with Crippen molar-refractivity contribution in [2.45, 2.75) is 19.3 Å². The molecular formula is C19H20FN7O2. The van der Waals surface area contributed by atoms with Crippen LogP contribution in [0.15, 0.2) is 42.7 Å². The first kappa shape index (κ1) is 18.8. The molecule has 2 amide bonds. The first-order valence-corrected chi connectivity index (χ1v) is 9.33. The lowest BCUT2D eigenvalue weighted by molar-refractivity contribution is -0.131. The largest absolute Gasteiger partial charge is 0.355 e. The van der Waals surface area contributed by atoms with Gasteiger partial charge in [0.15, 0.2) is 5.65 Å². The predicted octanol–water partition coefficient (Wildman–Crippen LogP) is 0.870. The lowest BCUT2D eigenvalue weighted by atomic mass is 9.96. The number of benzene rings is 1. The Morgan fingerprint density at radius 3 is 2.59 bits per heavy atom. The van der Waals surface area contributed by atoms with Crippen molar-refractivity contribution in [1.29, 1.82) is 0 Å². The Balaban J connectivity index is 1.24. The maximum Gasteiger partial charge on any atom is 0.242 e. The average Bonchev–Trinajstić information content (AvgIpc) is 3.22. The van der Waals surface area contributed by atoms with Crippen LogP contribution in [0.25, 0.3) is 5.65 Å². The zero-order valence-corrected chi connectivity index (χ0v) is 15.6. The number of nitrogens with one attached hydrogen (secondary N) is 2. The minimum absolute atomic E-state index is 0.0657. The van der Waals surface area contributed by atoms with Crippen LogP contribution in [-0.4, -0.2) is 44.7 Å². The van der Waals surface area contributed by atoms with E-state index in [1.54, 1.807) is 10.8 Å². The number of carbonyl (C=O) groups excluding carboxylic acids is 2. The van der Waals surface area contributed by atoms with Crippen molar-refractivity contribution in [3.05, 3.63) is 54.1 Å². The van der Waals surface area contributed by atoms with E-state index in [0.29, 0.717) is 37.1 Å². The van der Waals surface area contributed by atoms with E-state index >= 15 is 0 Å². The first-order valence-electron chi connectivity index (χ1n) is 9.33. The van der Waals surface area contributed by atoms with Gasteiger partial charge in [-0.25, -0.2) is 4.39 Å². The monoisotopic (exact) mass is 397 g/mol. The number of anilines is 1. The lowest BCUT2D eigenvalue weighted by Crippen LogP contribution is -2.48. The molecule has 2 aromatic heterocycles. The van der Waals surface area contributed by atoms with Crippen LogP contribution in [0.1, 0.15) is 18.4 Å². The second-order valence-electron chi connectivity index (χ2n) is 6.93. The van der Waals surface area contributed by atoms with Crippen LogP contribution in [0.5, 0.6) is 0 Å². The number of rotatable bonds is 4. The topological polar surface area (TPSA) is 105 Å². The number of aromatic nitrogens is 4. The van der Waals surface area contributed by atoms with Gasteiger partial charge in [0, 0.05) is 19.0 Å². The number of nitrogens with zero attached hydrogens (tertiary/aromatic N) is 5. The molecule has 9 nitrogen and oxygen atoms in total. The van der Waals surface area contributed by atoms with Crippen molar-refractivity contribution in [1.82, 2.24) is 30.7 Å². The van der Waals surface area contributed by atoms with E-state index < -0.39 is 0 Å². The van der Waals surface area contributed by atoms with Crippen molar-refractivity contribution in [2.24, 2.45) is 5.92 Å². The van der Waals surface area contributed by atoms with Gasteiger partial charge in [0.1, 0.15) is 18.0 Å². The van der Waals surface area contributed by atoms with Gasteiger partial charge >= 0.3 is 0 Å². The van der Waals surface area contributed by atoms with Gasteiger partial charge in [-0.2, -0.15) is 4.52 Å². The molecular weight excluding hydrogens is 377 g/mol. The summed E-state index contributed by atoms with van der Waals surface area (Å²) in [6.07, 6.45) is 2.92. The SMILES string of the molecule is O=C(Cc1ccc(F)cc1)NNC(=O)C1CCN(c2ccc3nncn3n2)CC1. The van der Waals surface area contributed by atoms with Crippen LogP contribution in [0.4, 0.5) is 10.2 Å². The number of hydrogen-bond acceptors (Lipinski definition) is 6. The normalized spacial score (nSPS) is 14.7. The number of amides is 2. The molecule has 29 heavy (non-hydrogen) atoms. The number of hydrogen-bond donors (Lipinski definition) is 2. The van der Waals surface area contributed by atoms with Gasteiger partial charge in [-0.05, 0) is 42.7 Å². The molecule has 3 aromatic rings. The van der Waals surface area contributed by atoms with Crippen molar-refractivity contribution in [3.8, 4) is 0 Å². The van der Waals surface area contributed by atoms with Crippen LogP contribution < -0.4 is 15.8 Å². The standard InChI is InChI=1S/C19H20FN7O2/c20-15-3-1-13(2-4-15)11-18(28)23-24-19(29)14-7-9-26(10-8-14)17-6-5-16-22-21-12-27(16)25-17/h1-6,12,14H,7-11H2,(H,23,28)(H,24,29). The molecule has 150 valence electrons. The first-order chi connectivity index (χ1) is 14.1. The molecule has 1 aromatic carbocycles. The smallest absolute Gasteiger partial charge is 0.242 e. The lowest BCUT2D eigenvalue weighted by Gasteiger charge is -2.31. The third-order valence-electron chi connectivity index (χ3n) is 4.94. The van der Waals surface area contributed by atoms with Gasteiger partial charge in [0.2, 0.25) is 11.8 Å². The van der Waals surface area contributed by atoms with E-state index in [1.165, 1.54) is 24.3 Å². The number of piperidine rings is 1. The molecule has 0 spiro atoms. The zero-order chi connectivity index (χ0) is 20.2. The molecule has 0 unspecified atom stereocenters. The van der Waals surface area contributed by atoms with Crippen LogP contribution in [0.3, 0.4) is 0 Å². The van der Waals surface area contributed by atoms with Crippen LogP contribution in [0, 0.1) is 11.7 Å². The Kier molecular flexibility index (Phi) is 5.32. The zero-order valence-electron chi connectivity index (χ0n) is 15.6. The quantitative estimate of drug-likeness (QED) is 0.633. The molecule has 4 rings (SSSR count). The molecule has 0 saturated carbocycles. The maximum absolute atomic E-state index is 12.9. The summed E-state index contributed by atoms with van der Waals surface area (Å²) < 4.78 is 14.5. The van der Waals surface area contributed by atoms with E-state index in [9.17, 15) is 14.0 Å². The molecule has 0 aliphatic carbocycles. The summed E-state index contributed by atoms with van der Waals surface area (Å²) in [5.41, 5.74) is 6.27. The van der Waals surface area contributed by atoms with Gasteiger partial charge in [-0.1, -0.05) is 12.1 Å². The molecule has 10 heteroatoms. The van der Waals surface area contributed by atoms with E-state index in [-0.39, 0.29) is 30.0 Å².